The van der Waals surface area contributed by atoms with E-state index in [0.717, 1.165) is 41.5 Å². The Hall–Kier alpha value is -3.02. The third-order valence-corrected chi connectivity index (χ3v) is 6.14. The fourth-order valence-corrected chi connectivity index (χ4v) is 4.55. The van der Waals surface area contributed by atoms with E-state index >= 15 is 0 Å². The molecule has 1 unspecified atom stereocenters. The second-order valence-electron chi connectivity index (χ2n) is 7.92. The van der Waals surface area contributed by atoms with Crippen molar-refractivity contribution in [2.45, 2.75) is 12.5 Å². The van der Waals surface area contributed by atoms with Crippen molar-refractivity contribution in [3.05, 3.63) is 88.8 Å². The van der Waals surface area contributed by atoms with Crippen LogP contribution in [-0.4, -0.2) is 41.6 Å². The fraction of sp³-hybridized carbons (Fsp3) is 0.240. The van der Waals surface area contributed by atoms with Crippen LogP contribution in [0.3, 0.4) is 0 Å². The molecule has 2 N–H and O–H groups in total. The molecule has 0 radical (unpaired) electrons. The molecule has 2 aromatic heterocycles. The summed E-state index contributed by atoms with van der Waals surface area (Å²) < 4.78 is 5.91. The Bertz CT molecular complexity index is 1170. The van der Waals surface area contributed by atoms with E-state index in [1.54, 1.807) is 12.4 Å². The Balaban J connectivity index is 1.30. The minimum Gasteiger partial charge on any atom is -0.492 e. The van der Waals surface area contributed by atoms with Gasteiger partial charge in [0, 0.05) is 52.8 Å². The lowest BCUT2D eigenvalue weighted by Crippen LogP contribution is -2.32. The first kappa shape index (κ1) is 19.9. The molecule has 5 nitrogen and oxygen atoms in total. The normalized spacial score (nSPS) is 16.3. The molecule has 0 spiro atoms. The zero-order valence-corrected chi connectivity index (χ0v) is 18.2. The largest absolute Gasteiger partial charge is 0.492 e. The zero-order valence-electron chi connectivity index (χ0n) is 17.4. The predicted octanol–water partition coefficient (Wildman–Crippen LogP) is 5.28. The lowest BCUT2D eigenvalue weighted by Gasteiger charge is -2.33. The molecule has 0 saturated heterocycles. The van der Waals surface area contributed by atoms with Crippen molar-refractivity contribution in [2.24, 2.45) is 0 Å². The Morgan fingerprint density at radius 3 is 2.74 bits per heavy atom. The molecule has 1 atom stereocenters. The van der Waals surface area contributed by atoms with Crippen LogP contribution in [0.15, 0.2) is 67.0 Å². The lowest BCUT2D eigenvalue weighted by molar-refractivity contribution is 0.261. The fourth-order valence-electron chi connectivity index (χ4n) is 4.38. The number of ether oxygens (including phenoxy) is 1. The smallest absolute Gasteiger partial charge is 0.119 e. The summed E-state index contributed by atoms with van der Waals surface area (Å²) in [7, 11) is 2.18. The number of rotatable bonds is 6. The van der Waals surface area contributed by atoms with Gasteiger partial charge in [-0.15, -0.1) is 0 Å². The van der Waals surface area contributed by atoms with Crippen molar-refractivity contribution in [3.8, 4) is 5.75 Å². The topological polar surface area (TPSA) is 53.2 Å². The molecule has 6 heteroatoms. The highest BCUT2D eigenvalue weighted by Gasteiger charge is 2.29. The predicted molar refractivity (Wildman–Crippen MR) is 126 cm³/mol. The number of hydrogen-bond donors (Lipinski definition) is 2. The first-order chi connectivity index (χ1) is 15.2. The van der Waals surface area contributed by atoms with Crippen molar-refractivity contribution < 1.29 is 4.74 Å². The second kappa shape index (κ2) is 8.61. The van der Waals surface area contributed by atoms with Gasteiger partial charge in [-0.05, 0) is 67.1 Å². The van der Waals surface area contributed by atoms with Crippen LogP contribution in [0.5, 0.6) is 5.75 Å². The summed E-state index contributed by atoms with van der Waals surface area (Å²) in [5.74, 6) is 0.877. The average molecular weight is 433 g/mol. The highest BCUT2D eigenvalue weighted by molar-refractivity contribution is 6.31. The third kappa shape index (κ3) is 4.11. The molecule has 31 heavy (non-hydrogen) atoms. The minimum absolute atomic E-state index is 0.192. The van der Waals surface area contributed by atoms with Crippen molar-refractivity contribution in [2.75, 3.05) is 32.1 Å². The van der Waals surface area contributed by atoms with E-state index in [1.165, 1.54) is 22.2 Å². The first-order valence-corrected chi connectivity index (χ1v) is 10.9. The summed E-state index contributed by atoms with van der Waals surface area (Å²) in [6.07, 6.45) is 4.57. The van der Waals surface area contributed by atoms with Gasteiger partial charge in [0.25, 0.3) is 0 Å². The highest BCUT2D eigenvalue weighted by atomic mass is 35.5. The van der Waals surface area contributed by atoms with Crippen LogP contribution in [-0.2, 0) is 6.42 Å². The molecule has 1 aliphatic rings. The SMILES string of the molecule is CN1CCc2c([nH]c3ccc(Cl)cc23)C1c1ccc(OCCNc2ccncc2)cc1. The molecule has 2 aromatic carbocycles. The number of hydrogen-bond acceptors (Lipinski definition) is 4. The lowest BCUT2D eigenvalue weighted by atomic mass is 9.93. The molecule has 5 rings (SSSR count). The number of aromatic amines is 1. The number of H-pyrrole nitrogens is 1. The number of pyridine rings is 1. The van der Waals surface area contributed by atoms with Gasteiger partial charge in [-0.25, -0.2) is 0 Å². The maximum atomic E-state index is 6.26. The van der Waals surface area contributed by atoms with Crippen LogP contribution in [0.2, 0.25) is 5.02 Å². The van der Waals surface area contributed by atoms with Gasteiger partial charge in [-0.3, -0.25) is 9.88 Å². The van der Waals surface area contributed by atoms with E-state index in [9.17, 15) is 0 Å². The quantitative estimate of drug-likeness (QED) is 0.407. The molecule has 0 fully saturated rings. The standard InChI is InChI=1S/C25H25ClN4O/c1-30-14-10-21-22-16-18(26)4-7-23(22)29-24(21)25(30)17-2-5-20(6-3-17)31-15-13-28-19-8-11-27-12-9-19/h2-9,11-12,16,25,29H,10,13-15H2,1H3,(H,27,28). The zero-order chi connectivity index (χ0) is 21.2. The third-order valence-electron chi connectivity index (χ3n) is 5.91. The van der Waals surface area contributed by atoms with E-state index in [2.05, 4.69) is 63.6 Å². The number of halogens is 1. The highest BCUT2D eigenvalue weighted by Crippen LogP contribution is 2.38. The van der Waals surface area contributed by atoms with Gasteiger partial charge in [0.2, 0.25) is 0 Å². The molecule has 1 aliphatic heterocycles. The molecule has 0 amide bonds. The Labute approximate surface area is 187 Å². The van der Waals surface area contributed by atoms with Crippen LogP contribution < -0.4 is 10.1 Å². The summed E-state index contributed by atoms with van der Waals surface area (Å²) >= 11 is 6.26. The van der Waals surface area contributed by atoms with Gasteiger partial charge in [0.05, 0.1) is 6.04 Å². The van der Waals surface area contributed by atoms with E-state index < -0.39 is 0 Å². The summed E-state index contributed by atoms with van der Waals surface area (Å²) in [5.41, 5.74) is 6.09. The number of anilines is 1. The summed E-state index contributed by atoms with van der Waals surface area (Å²) in [4.78, 5) is 10.1. The van der Waals surface area contributed by atoms with Crippen molar-refractivity contribution in [3.63, 3.8) is 0 Å². The monoisotopic (exact) mass is 432 g/mol. The number of nitrogens with one attached hydrogen (secondary N) is 2. The van der Waals surface area contributed by atoms with E-state index in [4.69, 9.17) is 16.3 Å². The Morgan fingerprint density at radius 2 is 1.94 bits per heavy atom. The second-order valence-corrected chi connectivity index (χ2v) is 8.36. The number of nitrogens with zero attached hydrogens (tertiary/aromatic N) is 2. The van der Waals surface area contributed by atoms with Crippen LogP contribution >= 0.6 is 11.6 Å². The van der Waals surface area contributed by atoms with Gasteiger partial charge in [0.1, 0.15) is 12.4 Å². The van der Waals surface area contributed by atoms with Gasteiger partial charge >= 0.3 is 0 Å². The number of likely N-dealkylation sites (N-methyl/N-ethyl adjacent to an activating group) is 1. The van der Waals surface area contributed by atoms with Crippen molar-refractivity contribution in [1.29, 1.82) is 0 Å². The van der Waals surface area contributed by atoms with Crippen LogP contribution in [0.25, 0.3) is 10.9 Å². The van der Waals surface area contributed by atoms with Gasteiger partial charge in [-0.2, -0.15) is 0 Å². The maximum absolute atomic E-state index is 6.26. The Morgan fingerprint density at radius 1 is 1.13 bits per heavy atom. The molecule has 0 aliphatic carbocycles. The van der Waals surface area contributed by atoms with Crippen LogP contribution in [0.4, 0.5) is 5.69 Å². The first-order valence-electron chi connectivity index (χ1n) is 10.6. The molecule has 3 heterocycles. The van der Waals surface area contributed by atoms with Crippen LogP contribution in [0, 0.1) is 0 Å². The molecule has 4 aromatic rings. The number of fused-ring (bicyclic) bond motifs is 3. The van der Waals surface area contributed by atoms with E-state index in [1.807, 2.05) is 18.2 Å². The van der Waals surface area contributed by atoms with Crippen LogP contribution in [0.1, 0.15) is 22.9 Å². The summed E-state index contributed by atoms with van der Waals surface area (Å²) in [6.45, 7) is 2.34. The van der Waals surface area contributed by atoms with Gasteiger partial charge in [-0.1, -0.05) is 23.7 Å². The molecular formula is C25H25ClN4O. The molecular weight excluding hydrogens is 408 g/mol. The number of benzene rings is 2. The summed E-state index contributed by atoms with van der Waals surface area (Å²) in [6, 6.07) is 18.6. The van der Waals surface area contributed by atoms with Crippen molar-refractivity contribution >= 4 is 28.2 Å². The summed E-state index contributed by atoms with van der Waals surface area (Å²) in [5, 5.41) is 5.35. The Kier molecular flexibility index (Phi) is 5.53. The molecule has 0 saturated carbocycles. The minimum atomic E-state index is 0.192. The van der Waals surface area contributed by atoms with Gasteiger partial charge < -0.3 is 15.0 Å². The van der Waals surface area contributed by atoms with E-state index in [0.29, 0.717) is 6.61 Å². The average Bonchev–Trinajstić information content (AvgIpc) is 3.15. The molecule has 158 valence electrons. The van der Waals surface area contributed by atoms with E-state index in [-0.39, 0.29) is 6.04 Å². The molecule has 0 bridgehead atoms. The maximum Gasteiger partial charge on any atom is 0.119 e. The van der Waals surface area contributed by atoms with Gasteiger partial charge in [0.15, 0.2) is 0 Å². The van der Waals surface area contributed by atoms with Crippen molar-refractivity contribution in [1.82, 2.24) is 14.9 Å². The number of aromatic nitrogens is 2.